The van der Waals surface area contributed by atoms with Gasteiger partial charge in [-0.15, -0.1) is 0 Å². The summed E-state index contributed by atoms with van der Waals surface area (Å²) in [5, 5.41) is 0. The number of hydrogen-bond acceptors (Lipinski definition) is 3. The average molecular weight is 271 g/mol. The van der Waals surface area contributed by atoms with Crippen molar-refractivity contribution < 1.29 is 9.53 Å². The van der Waals surface area contributed by atoms with Crippen LogP contribution in [0.3, 0.4) is 0 Å². The standard InChI is InChI=1S/C10H11BrN2O2/c1-15-8-5-13(6-8)10(14)7-2-3-12-9(11)4-7/h2-4,8H,5-6H2,1H3. The van der Waals surface area contributed by atoms with Gasteiger partial charge in [-0.05, 0) is 28.1 Å². The first-order chi connectivity index (χ1) is 7.20. The van der Waals surface area contributed by atoms with Crippen molar-refractivity contribution in [2.24, 2.45) is 0 Å². The van der Waals surface area contributed by atoms with Crippen molar-refractivity contribution in [3.05, 3.63) is 28.5 Å². The van der Waals surface area contributed by atoms with Crippen LogP contribution in [0.2, 0.25) is 0 Å². The van der Waals surface area contributed by atoms with Gasteiger partial charge in [-0.1, -0.05) is 0 Å². The third kappa shape index (κ3) is 2.18. The molecule has 1 fully saturated rings. The topological polar surface area (TPSA) is 42.4 Å². The molecule has 0 N–H and O–H groups in total. The molecule has 2 rings (SSSR count). The van der Waals surface area contributed by atoms with E-state index in [-0.39, 0.29) is 12.0 Å². The molecule has 80 valence electrons. The Kier molecular flexibility index (Phi) is 3.02. The van der Waals surface area contributed by atoms with Crippen LogP contribution in [0.1, 0.15) is 10.4 Å². The summed E-state index contributed by atoms with van der Waals surface area (Å²) < 4.78 is 5.79. The summed E-state index contributed by atoms with van der Waals surface area (Å²) in [7, 11) is 1.66. The molecule has 0 bridgehead atoms. The lowest BCUT2D eigenvalue weighted by atomic mass is 10.1. The van der Waals surface area contributed by atoms with E-state index in [4.69, 9.17) is 4.74 Å². The van der Waals surface area contributed by atoms with Gasteiger partial charge >= 0.3 is 0 Å². The molecule has 2 heterocycles. The molecule has 0 radical (unpaired) electrons. The highest BCUT2D eigenvalue weighted by atomic mass is 79.9. The molecule has 5 heteroatoms. The number of halogens is 1. The van der Waals surface area contributed by atoms with Crippen LogP contribution >= 0.6 is 15.9 Å². The predicted molar refractivity (Wildman–Crippen MR) is 58.6 cm³/mol. The minimum absolute atomic E-state index is 0.0337. The zero-order valence-corrected chi connectivity index (χ0v) is 9.90. The lowest BCUT2D eigenvalue weighted by Gasteiger charge is -2.38. The molecule has 1 aromatic heterocycles. The van der Waals surface area contributed by atoms with Crippen LogP contribution in [0.15, 0.2) is 22.9 Å². The number of hydrogen-bond donors (Lipinski definition) is 0. The third-order valence-corrected chi connectivity index (χ3v) is 2.88. The van der Waals surface area contributed by atoms with E-state index in [1.807, 2.05) is 0 Å². The van der Waals surface area contributed by atoms with Gasteiger partial charge in [-0.25, -0.2) is 4.98 Å². The van der Waals surface area contributed by atoms with Crippen molar-refractivity contribution in [1.82, 2.24) is 9.88 Å². The van der Waals surface area contributed by atoms with Gasteiger partial charge in [0.15, 0.2) is 0 Å². The summed E-state index contributed by atoms with van der Waals surface area (Å²) in [6.07, 6.45) is 1.81. The highest BCUT2D eigenvalue weighted by Gasteiger charge is 2.30. The van der Waals surface area contributed by atoms with Crippen LogP contribution in [0.25, 0.3) is 0 Å². The molecule has 1 amide bonds. The zero-order valence-electron chi connectivity index (χ0n) is 8.31. The van der Waals surface area contributed by atoms with Gasteiger partial charge in [0.05, 0.1) is 6.10 Å². The average Bonchev–Trinajstić information content (AvgIpc) is 2.16. The molecule has 0 aliphatic carbocycles. The molecule has 0 atom stereocenters. The quantitative estimate of drug-likeness (QED) is 0.762. The van der Waals surface area contributed by atoms with E-state index < -0.39 is 0 Å². The number of pyridine rings is 1. The van der Waals surface area contributed by atoms with Gasteiger partial charge in [0, 0.05) is 32.0 Å². The van der Waals surface area contributed by atoms with E-state index >= 15 is 0 Å². The van der Waals surface area contributed by atoms with E-state index in [9.17, 15) is 4.79 Å². The van der Waals surface area contributed by atoms with E-state index in [0.717, 1.165) is 0 Å². The van der Waals surface area contributed by atoms with Crippen LogP contribution in [-0.4, -0.2) is 42.1 Å². The number of rotatable bonds is 2. The van der Waals surface area contributed by atoms with Crippen LogP contribution in [-0.2, 0) is 4.74 Å². The Morgan fingerprint density at radius 1 is 1.67 bits per heavy atom. The number of likely N-dealkylation sites (tertiary alicyclic amines) is 1. The smallest absolute Gasteiger partial charge is 0.254 e. The first-order valence-electron chi connectivity index (χ1n) is 4.64. The van der Waals surface area contributed by atoms with E-state index in [0.29, 0.717) is 23.3 Å². The molecule has 4 nitrogen and oxygen atoms in total. The Morgan fingerprint density at radius 3 is 3.00 bits per heavy atom. The van der Waals surface area contributed by atoms with Crippen molar-refractivity contribution >= 4 is 21.8 Å². The Balaban J connectivity index is 2.03. The maximum Gasteiger partial charge on any atom is 0.254 e. The second-order valence-electron chi connectivity index (χ2n) is 3.44. The number of aromatic nitrogens is 1. The first kappa shape index (κ1) is 10.6. The highest BCUT2D eigenvalue weighted by molar-refractivity contribution is 9.10. The highest BCUT2D eigenvalue weighted by Crippen LogP contribution is 2.16. The van der Waals surface area contributed by atoms with Crippen LogP contribution < -0.4 is 0 Å². The van der Waals surface area contributed by atoms with E-state index in [2.05, 4.69) is 20.9 Å². The molecule has 0 unspecified atom stereocenters. The molecule has 1 aliphatic heterocycles. The fourth-order valence-corrected chi connectivity index (χ4v) is 1.84. The van der Waals surface area contributed by atoms with Gasteiger partial charge in [0.1, 0.15) is 4.60 Å². The summed E-state index contributed by atoms with van der Waals surface area (Å²) in [4.78, 5) is 17.6. The molecule has 1 aromatic rings. The van der Waals surface area contributed by atoms with E-state index in [1.54, 1.807) is 30.3 Å². The van der Waals surface area contributed by atoms with Crippen LogP contribution in [0, 0.1) is 0 Å². The van der Waals surface area contributed by atoms with Crippen molar-refractivity contribution in [3.8, 4) is 0 Å². The van der Waals surface area contributed by atoms with Crippen molar-refractivity contribution in [2.45, 2.75) is 6.10 Å². The van der Waals surface area contributed by atoms with Crippen LogP contribution in [0.5, 0.6) is 0 Å². The maximum atomic E-state index is 11.9. The molecule has 0 saturated carbocycles. The lowest BCUT2D eigenvalue weighted by Crippen LogP contribution is -2.54. The minimum atomic E-state index is 0.0337. The summed E-state index contributed by atoms with van der Waals surface area (Å²) in [6, 6.07) is 3.44. The van der Waals surface area contributed by atoms with Gasteiger partial charge in [-0.2, -0.15) is 0 Å². The van der Waals surface area contributed by atoms with Gasteiger partial charge in [0.25, 0.3) is 5.91 Å². The Labute approximate surface area is 96.4 Å². The molecule has 0 aromatic carbocycles. The van der Waals surface area contributed by atoms with Gasteiger partial charge in [-0.3, -0.25) is 4.79 Å². The van der Waals surface area contributed by atoms with Crippen LogP contribution in [0.4, 0.5) is 0 Å². The second-order valence-corrected chi connectivity index (χ2v) is 4.25. The molecule has 1 saturated heterocycles. The summed E-state index contributed by atoms with van der Waals surface area (Å²) in [5.41, 5.74) is 0.659. The molecule has 15 heavy (non-hydrogen) atoms. The van der Waals surface area contributed by atoms with Gasteiger partial charge < -0.3 is 9.64 Å². The summed E-state index contributed by atoms with van der Waals surface area (Å²) in [5.74, 6) is 0.0337. The number of ether oxygens (including phenoxy) is 1. The molecule has 1 aliphatic rings. The first-order valence-corrected chi connectivity index (χ1v) is 5.43. The molecular weight excluding hydrogens is 260 g/mol. The van der Waals surface area contributed by atoms with E-state index in [1.165, 1.54) is 0 Å². The Hall–Kier alpha value is -0.940. The SMILES string of the molecule is COC1CN(C(=O)c2ccnc(Br)c2)C1. The van der Waals surface area contributed by atoms with Crippen molar-refractivity contribution in [1.29, 1.82) is 0 Å². The number of carbonyl (C=O) groups is 1. The Bertz CT molecular complexity index is 377. The largest absolute Gasteiger partial charge is 0.378 e. The summed E-state index contributed by atoms with van der Waals surface area (Å²) in [6.45, 7) is 1.35. The fourth-order valence-electron chi connectivity index (χ4n) is 1.47. The maximum absolute atomic E-state index is 11.9. The predicted octanol–water partition coefficient (Wildman–Crippen LogP) is 1.31. The Morgan fingerprint density at radius 2 is 2.40 bits per heavy atom. The number of carbonyl (C=O) groups excluding carboxylic acids is 1. The normalized spacial score (nSPS) is 16.3. The monoisotopic (exact) mass is 270 g/mol. The fraction of sp³-hybridized carbons (Fsp3) is 0.400. The number of nitrogens with zero attached hydrogens (tertiary/aromatic N) is 2. The third-order valence-electron chi connectivity index (χ3n) is 2.44. The minimum Gasteiger partial charge on any atom is -0.378 e. The van der Waals surface area contributed by atoms with Crippen molar-refractivity contribution in [2.75, 3.05) is 20.2 Å². The van der Waals surface area contributed by atoms with Crippen molar-refractivity contribution in [3.63, 3.8) is 0 Å². The zero-order chi connectivity index (χ0) is 10.8. The molecular formula is C10H11BrN2O2. The second kappa shape index (κ2) is 4.28. The van der Waals surface area contributed by atoms with Gasteiger partial charge in [0.2, 0.25) is 0 Å². The lowest BCUT2D eigenvalue weighted by molar-refractivity contribution is -0.0192. The number of amides is 1. The number of methoxy groups -OCH3 is 1. The summed E-state index contributed by atoms with van der Waals surface area (Å²) >= 11 is 3.24. The molecule has 0 spiro atoms.